The first-order valence-corrected chi connectivity index (χ1v) is 9.17. The maximum atomic E-state index is 12.2. The summed E-state index contributed by atoms with van der Waals surface area (Å²) in [5.74, 6) is -0.441. The third-order valence-electron chi connectivity index (χ3n) is 5.91. The minimum Gasteiger partial charge on any atom is -0.481 e. The predicted molar refractivity (Wildman–Crippen MR) is 97.2 cm³/mol. The molecule has 5 heteroatoms. The summed E-state index contributed by atoms with van der Waals surface area (Å²) in [7, 11) is 0. The van der Waals surface area contributed by atoms with E-state index in [9.17, 15) is 14.7 Å². The molecule has 2 aliphatic carbocycles. The number of rotatable bonds is 4. The van der Waals surface area contributed by atoms with Crippen LogP contribution in [-0.2, 0) is 9.53 Å². The molecule has 0 aromatic carbocycles. The molecule has 2 rings (SSSR count). The van der Waals surface area contributed by atoms with Crippen LogP contribution in [0, 0.1) is 34.5 Å². The molecule has 0 aromatic rings. The van der Waals surface area contributed by atoms with Gasteiger partial charge in [0.15, 0.2) is 0 Å². The summed E-state index contributed by atoms with van der Waals surface area (Å²) in [6.45, 7) is 13.8. The highest BCUT2D eigenvalue weighted by Crippen LogP contribution is 2.66. The second-order valence-electron chi connectivity index (χ2n) is 9.75. The monoisotopic (exact) mass is 351 g/mol. The fraction of sp³-hybridized carbons (Fsp3) is 0.800. The average molecular weight is 351 g/mol. The molecular weight excluding hydrogens is 318 g/mol. The van der Waals surface area contributed by atoms with Crippen LogP contribution in [0.4, 0.5) is 4.79 Å². The van der Waals surface area contributed by atoms with Crippen LogP contribution in [0.1, 0.15) is 54.9 Å². The average Bonchev–Trinajstić information content (AvgIpc) is 2.85. The Morgan fingerprint density at radius 2 is 1.88 bits per heavy atom. The van der Waals surface area contributed by atoms with E-state index in [0.29, 0.717) is 12.5 Å². The van der Waals surface area contributed by atoms with Gasteiger partial charge >= 0.3 is 12.1 Å². The largest absolute Gasteiger partial charge is 0.481 e. The van der Waals surface area contributed by atoms with Crippen LogP contribution in [0.2, 0.25) is 0 Å². The summed E-state index contributed by atoms with van der Waals surface area (Å²) in [5.41, 5.74) is -1.47. The SMILES string of the molecule is CC1[C@H]2CC=C[C@H]2C1(CNC(=O)OC(C)(C)C)C(C(=O)O)C(C)(C)C. The quantitative estimate of drug-likeness (QED) is 0.748. The zero-order valence-corrected chi connectivity index (χ0v) is 16.6. The van der Waals surface area contributed by atoms with Crippen LogP contribution in [-0.4, -0.2) is 29.3 Å². The fourth-order valence-electron chi connectivity index (χ4n) is 5.13. The summed E-state index contributed by atoms with van der Waals surface area (Å²) >= 11 is 0. The van der Waals surface area contributed by atoms with Gasteiger partial charge in [-0.15, -0.1) is 0 Å². The van der Waals surface area contributed by atoms with Crippen molar-refractivity contribution in [2.24, 2.45) is 34.5 Å². The summed E-state index contributed by atoms with van der Waals surface area (Å²) in [5, 5.41) is 12.9. The number of nitrogens with one attached hydrogen (secondary N) is 1. The number of carboxylic acids is 1. The molecular formula is C20H33NO4. The first-order chi connectivity index (χ1) is 11.3. The predicted octanol–water partition coefficient (Wildman–Crippen LogP) is 4.09. The van der Waals surface area contributed by atoms with Crippen molar-refractivity contribution >= 4 is 12.1 Å². The van der Waals surface area contributed by atoms with Crippen LogP contribution < -0.4 is 5.32 Å². The highest BCUT2D eigenvalue weighted by molar-refractivity contribution is 5.73. The third-order valence-corrected chi connectivity index (χ3v) is 5.91. The number of carbonyl (C=O) groups excluding carboxylic acids is 1. The van der Waals surface area contributed by atoms with Gasteiger partial charge in [-0.25, -0.2) is 4.79 Å². The number of aliphatic carboxylic acids is 1. The first kappa shape index (κ1) is 19.8. The topological polar surface area (TPSA) is 75.6 Å². The normalized spacial score (nSPS) is 32.5. The van der Waals surface area contributed by atoms with Gasteiger partial charge < -0.3 is 15.2 Å². The zero-order chi connectivity index (χ0) is 19.2. The van der Waals surface area contributed by atoms with Gasteiger partial charge in [-0.05, 0) is 50.4 Å². The second kappa shape index (κ2) is 6.33. The van der Waals surface area contributed by atoms with Gasteiger partial charge in [0.25, 0.3) is 0 Å². The van der Waals surface area contributed by atoms with E-state index < -0.39 is 34.4 Å². The van der Waals surface area contributed by atoms with E-state index in [1.54, 1.807) is 0 Å². The molecule has 5 atom stereocenters. The summed E-state index contributed by atoms with van der Waals surface area (Å²) in [4.78, 5) is 24.4. The number of carbonyl (C=O) groups is 2. The van der Waals surface area contributed by atoms with Crippen molar-refractivity contribution in [3.63, 3.8) is 0 Å². The van der Waals surface area contributed by atoms with Gasteiger partial charge in [0, 0.05) is 12.0 Å². The van der Waals surface area contributed by atoms with Gasteiger partial charge in [0.05, 0.1) is 5.92 Å². The van der Waals surface area contributed by atoms with Crippen LogP contribution >= 0.6 is 0 Å². The van der Waals surface area contributed by atoms with Crippen molar-refractivity contribution in [2.45, 2.75) is 60.5 Å². The molecule has 142 valence electrons. The number of allylic oxidation sites excluding steroid dienone is 2. The molecule has 3 unspecified atom stereocenters. The summed E-state index contributed by atoms with van der Waals surface area (Å²) in [6.07, 6.45) is 4.82. The smallest absolute Gasteiger partial charge is 0.407 e. The first-order valence-electron chi connectivity index (χ1n) is 9.17. The van der Waals surface area contributed by atoms with Gasteiger partial charge in [-0.3, -0.25) is 4.79 Å². The molecule has 0 saturated heterocycles. The third kappa shape index (κ3) is 3.56. The number of carboxylic acid groups (broad SMARTS) is 1. The Labute approximate surface area is 151 Å². The molecule has 2 aliphatic rings. The van der Waals surface area contributed by atoms with Crippen molar-refractivity contribution in [3.05, 3.63) is 12.2 Å². The van der Waals surface area contributed by atoms with E-state index in [-0.39, 0.29) is 11.8 Å². The number of fused-ring (bicyclic) bond motifs is 1. The number of amides is 1. The molecule has 0 spiro atoms. The van der Waals surface area contributed by atoms with Gasteiger partial charge in [-0.1, -0.05) is 39.8 Å². The number of alkyl carbamates (subject to hydrolysis) is 1. The van der Waals surface area contributed by atoms with Crippen LogP contribution in [0.5, 0.6) is 0 Å². The van der Waals surface area contributed by atoms with Crippen LogP contribution in [0.3, 0.4) is 0 Å². The maximum absolute atomic E-state index is 12.2. The van der Waals surface area contributed by atoms with Crippen molar-refractivity contribution < 1.29 is 19.4 Å². The van der Waals surface area contributed by atoms with E-state index in [1.165, 1.54) is 0 Å². The molecule has 0 heterocycles. The summed E-state index contributed by atoms with van der Waals surface area (Å²) in [6, 6.07) is 0. The Balaban J connectivity index is 2.30. The minimum absolute atomic E-state index is 0.192. The molecule has 0 aromatic heterocycles. The molecule has 2 N–H and O–H groups in total. The maximum Gasteiger partial charge on any atom is 0.407 e. The van der Waals surface area contributed by atoms with Crippen molar-refractivity contribution in [3.8, 4) is 0 Å². The lowest BCUT2D eigenvalue weighted by Gasteiger charge is -2.63. The zero-order valence-electron chi connectivity index (χ0n) is 16.6. The number of hydrogen-bond donors (Lipinski definition) is 2. The standard InChI is InChI=1S/C20H33NO4/c1-12-13-9-8-10-14(13)20(12,15(16(22)23)18(2,3)4)11-21-17(24)25-19(5,6)7/h8,10,12-15H,9,11H2,1-7H3,(H,21,24)(H,22,23)/t12?,13-,14-,15?,20?/m1/s1. The molecule has 0 aliphatic heterocycles. The van der Waals surface area contributed by atoms with E-state index >= 15 is 0 Å². The van der Waals surface area contributed by atoms with E-state index in [2.05, 4.69) is 24.4 Å². The Kier molecular flexibility index (Phi) is 5.01. The Hall–Kier alpha value is -1.52. The van der Waals surface area contributed by atoms with Crippen molar-refractivity contribution in [1.29, 1.82) is 0 Å². The molecule has 25 heavy (non-hydrogen) atoms. The highest BCUT2D eigenvalue weighted by Gasteiger charge is 2.66. The fourth-order valence-corrected chi connectivity index (χ4v) is 5.13. The lowest BCUT2D eigenvalue weighted by molar-refractivity contribution is -0.183. The number of ether oxygens (including phenoxy) is 1. The number of hydrogen-bond acceptors (Lipinski definition) is 3. The van der Waals surface area contributed by atoms with E-state index in [0.717, 1.165) is 6.42 Å². The van der Waals surface area contributed by atoms with Crippen molar-refractivity contribution in [2.75, 3.05) is 6.54 Å². The Morgan fingerprint density at radius 1 is 1.28 bits per heavy atom. The second-order valence-corrected chi connectivity index (χ2v) is 9.75. The molecule has 0 bridgehead atoms. The molecule has 1 saturated carbocycles. The Morgan fingerprint density at radius 3 is 2.36 bits per heavy atom. The highest BCUT2D eigenvalue weighted by atomic mass is 16.6. The van der Waals surface area contributed by atoms with E-state index in [4.69, 9.17) is 4.74 Å². The lowest BCUT2D eigenvalue weighted by Crippen LogP contribution is -2.66. The van der Waals surface area contributed by atoms with Gasteiger partial charge in [0.1, 0.15) is 5.60 Å². The molecule has 1 amide bonds. The molecule has 1 fully saturated rings. The van der Waals surface area contributed by atoms with Crippen molar-refractivity contribution in [1.82, 2.24) is 5.32 Å². The van der Waals surface area contributed by atoms with Crippen LogP contribution in [0.15, 0.2) is 12.2 Å². The van der Waals surface area contributed by atoms with Gasteiger partial charge in [-0.2, -0.15) is 0 Å². The molecule has 5 nitrogen and oxygen atoms in total. The molecule has 0 radical (unpaired) electrons. The van der Waals surface area contributed by atoms with E-state index in [1.807, 2.05) is 41.5 Å². The lowest BCUT2D eigenvalue weighted by atomic mass is 9.41. The summed E-state index contributed by atoms with van der Waals surface area (Å²) < 4.78 is 5.36. The minimum atomic E-state index is -0.788. The van der Waals surface area contributed by atoms with Crippen LogP contribution in [0.25, 0.3) is 0 Å². The Bertz CT molecular complexity index is 569. The van der Waals surface area contributed by atoms with Gasteiger partial charge in [0.2, 0.25) is 0 Å².